The van der Waals surface area contributed by atoms with E-state index in [-0.39, 0.29) is 16.9 Å². The number of alkyl halides is 2. The van der Waals surface area contributed by atoms with Gasteiger partial charge in [0.25, 0.3) is 5.91 Å². The molecular weight excluding hydrogens is 384 g/mol. The van der Waals surface area contributed by atoms with Crippen LogP contribution in [0.15, 0.2) is 48.5 Å². The summed E-state index contributed by atoms with van der Waals surface area (Å²) in [5, 5.41) is 2.43. The van der Waals surface area contributed by atoms with Gasteiger partial charge in [-0.05, 0) is 31.2 Å². The Bertz CT molecular complexity index is 1020. The highest BCUT2D eigenvalue weighted by Crippen LogP contribution is 2.23. The van der Waals surface area contributed by atoms with Crippen LogP contribution in [0.2, 0.25) is 0 Å². The third-order valence-corrected chi connectivity index (χ3v) is 4.05. The highest BCUT2D eigenvalue weighted by Gasteiger charge is 2.19. The summed E-state index contributed by atoms with van der Waals surface area (Å²) in [5.41, 5.74) is 0.899. The van der Waals surface area contributed by atoms with Crippen LogP contribution in [0.25, 0.3) is 11.0 Å². The largest absolute Gasteiger partial charge is 0.493 e. The topological polar surface area (TPSA) is 82.4 Å². The maximum absolute atomic E-state index is 13.4. The molecule has 0 aliphatic rings. The first-order valence-electron chi connectivity index (χ1n) is 8.91. The number of para-hydroxylation sites is 3. The molecule has 0 aliphatic carbocycles. The lowest BCUT2D eigenvalue weighted by molar-refractivity contribution is -0.144. The fourth-order valence-corrected chi connectivity index (χ4v) is 2.79. The first kappa shape index (κ1) is 20.2. The van der Waals surface area contributed by atoms with Crippen molar-refractivity contribution in [1.29, 1.82) is 0 Å². The van der Waals surface area contributed by atoms with Gasteiger partial charge < -0.3 is 14.8 Å². The Morgan fingerprint density at radius 2 is 1.86 bits per heavy atom. The Labute approximate surface area is 165 Å². The number of esters is 1. The van der Waals surface area contributed by atoms with Crippen molar-refractivity contribution in [2.45, 2.75) is 20.1 Å². The summed E-state index contributed by atoms with van der Waals surface area (Å²) in [7, 11) is 0. The summed E-state index contributed by atoms with van der Waals surface area (Å²) in [5.74, 6) is -0.972. The van der Waals surface area contributed by atoms with Crippen molar-refractivity contribution in [3.8, 4) is 5.75 Å². The molecule has 0 aliphatic heterocycles. The monoisotopic (exact) mass is 403 g/mol. The number of benzene rings is 2. The molecule has 0 saturated heterocycles. The highest BCUT2D eigenvalue weighted by molar-refractivity contribution is 5.98. The van der Waals surface area contributed by atoms with E-state index in [1.54, 1.807) is 49.4 Å². The Morgan fingerprint density at radius 1 is 1.14 bits per heavy atom. The van der Waals surface area contributed by atoms with E-state index in [0.29, 0.717) is 22.4 Å². The maximum atomic E-state index is 13.4. The minimum atomic E-state index is -2.83. The van der Waals surface area contributed by atoms with Crippen LogP contribution in [-0.4, -0.2) is 34.6 Å². The molecule has 0 atom stereocenters. The Kier molecular flexibility index (Phi) is 6.38. The van der Waals surface area contributed by atoms with Crippen LogP contribution >= 0.6 is 0 Å². The second-order valence-corrected chi connectivity index (χ2v) is 5.94. The predicted molar refractivity (Wildman–Crippen MR) is 101 cm³/mol. The van der Waals surface area contributed by atoms with Crippen molar-refractivity contribution in [3.05, 3.63) is 59.9 Å². The maximum Gasteiger partial charge on any atom is 0.325 e. The smallest absolute Gasteiger partial charge is 0.325 e. The molecule has 152 valence electrons. The molecule has 29 heavy (non-hydrogen) atoms. The quantitative estimate of drug-likeness (QED) is 0.584. The SMILES string of the molecule is CCOc1ccccc1C(=O)NCC(=O)OCc1nc2ccccc2n1C(F)F. The average Bonchev–Trinajstić information content (AvgIpc) is 3.10. The number of imidazole rings is 1. The minimum Gasteiger partial charge on any atom is -0.493 e. The summed E-state index contributed by atoms with van der Waals surface area (Å²) < 4.78 is 37.8. The number of hydrogen-bond acceptors (Lipinski definition) is 5. The van der Waals surface area contributed by atoms with E-state index < -0.39 is 31.6 Å². The summed E-state index contributed by atoms with van der Waals surface area (Å²) >= 11 is 0. The second kappa shape index (κ2) is 9.13. The normalized spacial score (nSPS) is 10.9. The van der Waals surface area contributed by atoms with Crippen LogP contribution in [0.3, 0.4) is 0 Å². The summed E-state index contributed by atoms with van der Waals surface area (Å²) in [6.45, 7) is -1.51. The fourth-order valence-electron chi connectivity index (χ4n) is 2.79. The van der Waals surface area contributed by atoms with Crippen LogP contribution in [0.1, 0.15) is 29.7 Å². The molecule has 1 amide bonds. The van der Waals surface area contributed by atoms with Crippen molar-refractivity contribution in [3.63, 3.8) is 0 Å². The van der Waals surface area contributed by atoms with Crippen LogP contribution in [0.5, 0.6) is 5.75 Å². The van der Waals surface area contributed by atoms with Gasteiger partial charge in [0.1, 0.15) is 18.9 Å². The molecule has 3 rings (SSSR count). The lowest BCUT2D eigenvalue weighted by atomic mass is 10.2. The number of hydrogen-bond donors (Lipinski definition) is 1. The molecule has 0 unspecified atom stereocenters. The van der Waals surface area contributed by atoms with Gasteiger partial charge in [0.2, 0.25) is 0 Å². The Morgan fingerprint density at radius 3 is 2.62 bits per heavy atom. The molecule has 0 saturated carbocycles. The molecule has 1 N–H and O–H groups in total. The van der Waals surface area contributed by atoms with Crippen LogP contribution in [0, 0.1) is 0 Å². The predicted octanol–water partition coefficient (Wildman–Crippen LogP) is 3.30. The number of nitrogens with one attached hydrogen (secondary N) is 1. The molecule has 0 fully saturated rings. The van der Waals surface area contributed by atoms with Crippen LogP contribution in [-0.2, 0) is 16.1 Å². The number of rotatable bonds is 8. The molecule has 1 aromatic heterocycles. The summed E-state index contributed by atoms with van der Waals surface area (Å²) in [6.07, 6.45) is 0. The standard InChI is InChI=1S/C20H19F2N3O4/c1-2-28-16-10-6-3-7-13(16)19(27)23-11-18(26)29-12-17-24-14-8-4-5-9-15(14)25(17)20(21)22/h3-10,20H,2,11-12H2,1H3,(H,23,27). The van der Waals surface area contributed by atoms with Crippen molar-refractivity contribution >= 4 is 22.9 Å². The van der Waals surface area contributed by atoms with Gasteiger partial charge in [-0.2, -0.15) is 8.78 Å². The third-order valence-electron chi connectivity index (χ3n) is 4.05. The van der Waals surface area contributed by atoms with E-state index in [9.17, 15) is 18.4 Å². The van der Waals surface area contributed by atoms with Gasteiger partial charge in [-0.25, -0.2) is 4.98 Å². The van der Waals surface area contributed by atoms with Gasteiger partial charge in [-0.1, -0.05) is 24.3 Å². The molecule has 0 radical (unpaired) electrons. The molecule has 9 heteroatoms. The molecule has 7 nitrogen and oxygen atoms in total. The number of halogens is 2. The first-order chi connectivity index (χ1) is 14.0. The molecule has 1 heterocycles. The number of amides is 1. The van der Waals surface area contributed by atoms with E-state index >= 15 is 0 Å². The molecule has 0 bridgehead atoms. The zero-order valence-electron chi connectivity index (χ0n) is 15.6. The molecular formula is C20H19F2N3O4. The fraction of sp³-hybridized carbons (Fsp3) is 0.250. The molecule has 0 spiro atoms. The van der Waals surface area contributed by atoms with Crippen LogP contribution in [0.4, 0.5) is 8.78 Å². The van der Waals surface area contributed by atoms with Gasteiger partial charge in [0, 0.05) is 0 Å². The highest BCUT2D eigenvalue weighted by atomic mass is 19.3. The van der Waals surface area contributed by atoms with Crippen molar-refractivity contribution < 1.29 is 27.8 Å². The number of aromatic nitrogens is 2. The molecule has 3 aromatic rings. The van der Waals surface area contributed by atoms with Gasteiger partial charge >= 0.3 is 12.5 Å². The van der Waals surface area contributed by atoms with Gasteiger partial charge in [-0.15, -0.1) is 0 Å². The number of carbonyl (C=O) groups is 2. The van der Waals surface area contributed by atoms with Crippen molar-refractivity contribution in [2.24, 2.45) is 0 Å². The second-order valence-electron chi connectivity index (χ2n) is 5.94. The third kappa shape index (κ3) is 4.68. The van der Waals surface area contributed by atoms with E-state index in [0.717, 1.165) is 0 Å². The number of carbonyl (C=O) groups excluding carboxylic acids is 2. The van der Waals surface area contributed by atoms with E-state index in [2.05, 4.69) is 10.3 Å². The summed E-state index contributed by atoms with van der Waals surface area (Å²) in [4.78, 5) is 28.3. The van der Waals surface area contributed by atoms with E-state index in [1.807, 2.05) is 0 Å². The Balaban J connectivity index is 1.60. The lowest BCUT2D eigenvalue weighted by Gasteiger charge is -2.11. The van der Waals surface area contributed by atoms with Gasteiger partial charge in [0.15, 0.2) is 5.82 Å². The van der Waals surface area contributed by atoms with Gasteiger partial charge in [0.05, 0.1) is 23.2 Å². The number of ether oxygens (including phenoxy) is 2. The Hall–Kier alpha value is -3.49. The van der Waals surface area contributed by atoms with Crippen LogP contribution < -0.4 is 10.1 Å². The lowest BCUT2D eigenvalue weighted by Crippen LogP contribution is -2.31. The van der Waals surface area contributed by atoms with E-state index in [4.69, 9.17) is 9.47 Å². The van der Waals surface area contributed by atoms with E-state index in [1.165, 1.54) is 6.07 Å². The molecule has 2 aromatic carbocycles. The van der Waals surface area contributed by atoms with Crippen molar-refractivity contribution in [2.75, 3.05) is 13.2 Å². The van der Waals surface area contributed by atoms with Crippen molar-refractivity contribution in [1.82, 2.24) is 14.9 Å². The first-order valence-corrected chi connectivity index (χ1v) is 8.91. The zero-order valence-corrected chi connectivity index (χ0v) is 15.6. The zero-order chi connectivity index (χ0) is 20.8. The average molecular weight is 403 g/mol. The van der Waals surface area contributed by atoms with Gasteiger partial charge in [-0.3, -0.25) is 14.2 Å². The number of fused-ring (bicyclic) bond motifs is 1. The summed E-state index contributed by atoms with van der Waals surface area (Å²) in [6, 6.07) is 13.0. The number of nitrogens with zero attached hydrogens (tertiary/aromatic N) is 2. The minimum absolute atomic E-state index is 0.0810.